The van der Waals surface area contributed by atoms with Crippen LogP contribution < -0.4 is 0 Å². The van der Waals surface area contributed by atoms with E-state index in [-0.39, 0.29) is 18.1 Å². The molecule has 1 saturated heterocycles. The number of nitrogens with zero attached hydrogens (tertiary/aromatic N) is 2. The average molecular weight is 436 g/mol. The van der Waals surface area contributed by atoms with Gasteiger partial charge in [-0.25, -0.2) is 4.39 Å². The van der Waals surface area contributed by atoms with Crippen molar-refractivity contribution >= 4 is 5.91 Å². The molecule has 1 atom stereocenters. The molecule has 0 N–H and O–H groups in total. The lowest BCUT2D eigenvalue weighted by atomic mass is 9.96. The van der Waals surface area contributed by atoms with Crippen LogP contribution >= 0.6 is 0 Å². The largest absolute Gasteiger partial charge is 0.416 e. The maximum absolute atomic E-state index is 13.8. The molecule has 1 heterocycles. The Hall–Kier alpha value is -2.41. The maximum Gasteiger partial charge on any atom is 0.416 e. The van der Waals surface area contributed by atoms with Crippen LogP contribution in [0.1, 0.15) is 29.5 Å². The van der Waals surface area contributed by atoms with Crippen molar-refractivity contribution in [1.82, 2.24) is 9.80 Å². The number of rotatable bonds is 7. The second-order valence-corrected chi connectivity index (χ2v) is 8.30. The van der Waals surface area contributed by atoms with Gasteiger partial charge < -0.3 is 9.80 Å². The second-order valence-electron chi connectivity index (χ2n) is 8.30. The molecule has 2 aromatic carbocycles. The fraction of sp³-hybridized carbons (Fsp3) is 0.458. The first kappa shape index (κ1) is 23.3. The topological polar surface area (TPSA) is 23.6 Å². The molecular formula is C24H28F4N2O. The van der Waals surface area contributed by atoms with Crippen molar-refractivity contribution in [2.75, 3.05) is 33.2 Å². The van der Waals surface area contributed by atoms with Crippen molar-refractivity contribution in [2.24, 2.45) is 5.92 Å². The number of likely N-dealkylation sites (tertiary alicyclic amines) is 1. The molecule has 7 heteroatoms. The standard InChI is InChI=1S/C24H28F4N2O/c1-29(23(31)15-20-8-2-3-10-22(20)25)16-19-7-5-12-30(17-19)13-11-18-6-4-9-21(14-18)24(26,27)28/h2-4,6,8-10,14,19H,5,7,11-13,15-17H2,1H3/t19-/m0/s1. The van der Waals surface area contributed by atoms with Gasteiger partial charge in [-0.05, 0) is 55.0 Å². The predicted molar refractivity (Wildman–Crippen MR) is 112 cm³/mol. The number of alkyl halides is 3. The molecule has 0 aliphatic carbocycles. The minimum atomic E-state index is -4.33. The monoisotopic (exact) mass is 436 g/mol. The van der Waals surface area contributed by atoms with Crippen LogP contribution in [0.25, 0.3) is 0 Å². The van der Waals surface area contributed by atoms with Crippen LogP contribution in [0.15, 0.2) is 48.5 Å². The highest BCUT2D eigenvalue weighted by Gasteiger charge is 2.30. The van der Waals surface area contributed by atoms with Crippen molar-refractivity contribution in [2.45, 2.75) is 31.9 Å². The Labute approximate surface area is 180 Å². The Morgan fingerprint density at radius 1 is 1.16 bits per heavy atom. The molecule has 1 amide bonds. The van der Waals surface area contributed by atoms with Crippen LogP contribution in [-0.2, 0) is 23.8 Å². The van der Waals surface area contributed by atoms with Gasteiger partial charge in [0.05, 0.1) is 12.0 Å². The van der Waals surface area contributed by atoms with Gasteiger partial charge in [0.15, 0.2) is 0 Å². The molecule has 0 unspecified atom stereocenters. The Morgan fingerprint density at radius 2 is 1.94 bits per heavy atom. The molecule has 168 valence electrons. The summed E-state index contributed by atoms with van der Waals surface area (Å²) >= 11 is 0. The molecule has 1 fully saturated rings. The normalized spacial score (nSPS) is 17.5. The van der Waals surface area contributed by atoms with E-state index in [9.17, 15) is 22.4 Å². The lowest BCUT2D eigenvalue weighted by Gasteiger charge is -2.34. The van der Waals surface area contributed by atoms with Gasteiger partial charge in [0.2, 0.25) is 5.91 Å². The lowest BCUT2D eigenvalue weighted by molar-refractivity contribution is -0.137. The molecule has 0 spiro atoms. The van der Waals surface area contributed by atoms with E-state index in [2.05, 4.69) is 4.90 Å². The van der Waals surface area contributed by atoms with Gasteiger partial charge in [0, 0.05) is 26.7 Å². The van der Waals surface area contributed by atoms with Gasteiger partial charge in [-0.15, -0.1) is 0 Å². The first-order chi connectivity index (χ1) is 14.7. The summed E-state index contributed by atoms with van der Waals surface area (Å²) in [6.45, 7) is 2.98. The summed E-state index contributed by atoms with van der Waals surface area (Å²) in [5.74, 6) is -0.196. The van der Waals surface area contributed by atoms with E-state index in [1.807, 2.05) is 0 Å². The molecule has 0 saturated carbocycles. The molecule has 3 nitrogen and oxygen atoms in total. The highest BCUT2D eigenvalue weighted by Crippen LogP contribution is 2.29. The zero-order chi connectivity index (χ0) is 22.4. The van der Waals surface area contributed by atoms with E-state index in [1.165, 1.54) is 18.2 Å². The van der Waals surface area contributed by atoms with Gasteiger partial charge in [0.1, 0.15) is 5.82 Å². The highest BCUT2D eigenvalue weighted by molar-refractivity contribution is 5.78. The Balaban J connectivity index is 1.49. The summed E-state index contributed by atoms with van der Waals surface area (Å²) in [6.07, 6.45) is -1.75. The van der Waals surface area contributed by atoms with Gasteiger partial charge in [-0.2, -0.15) is 13.2 Å². The van der Waals surface area contributed by atoms with Crippen LogP contribution in [-0.4, -0.2) is 48.9 Å². The minimum Gasteiger partial charge on any atom is -0.345 e. The number of carbonyl (C=O) groups is 1. The summed E-state index contributed by atoms with van der Waals surface area (Å²) < 4.78 is 52.5. The second kappa shape index (κ2) is 10.3. The number of carbonyl (C=O) groups excluding carboxylic acids is 1. The number of halogens is 4. The van der Waals surface area contributed by atoms with Crippen LogP contribution in [0.3, 0.4) is 0 Å². The molecular weight excluding hydrogens is 408 g/mol. The van der Waals surface area contributed by atoms with Crippen molar-refractivity contribution in [3.05, 3.63) is 71.0 Å². The van der Waals surface area contributed by atoms with E-state index >= 15 is 0 Å². The SMILES string of the molecule is CN(C[C@@H]1CCCN(CCc2cccc(C(F)(F)F)c2)C1)C(=O)Cc1ccccc1F. The molecule has 2 aromatic rings. The summed E-state index contributed by atoms with van der Waals surface area (Å²) in [5.41, 5.74) is 0.455. The zero-order valence-electron chi connectivity index (χ0n) is 17.7. The van der Waals surface area contributed by atoms with Crippen LogP contribution in [0.2, 0.25) is 0 Å². The first-order valence-electron chi connectivity index (χ1n) is 10.6. The van der Waals surface area contributed by atoms with Crippen molar-refractivity contribution in [3.8, 4) is 0 Å². The third kappa shape index (κ3) is 6.79. The van der Waals surface area contributed by atoms with Crippen LogP contribution in [0.5, 0.6) is 0 Å². The Kier molecular flexibility index (Phi) is 7.70. The predicted octanol–water partition coefficient (Wildman–Crippen LogP) is 4.80. The van der Waals surface area contributed by atoms with Gasteiger partial charge in [-0.3, -0.25) is 4.79 Å². The fourth-order valence-electron chi connectivity index (χ4n) is 4.12. The summed E-state index contributed by atoms with van der Waals surface area (Å²) in [4.78, 5) is 16.4. The molecule has 1 aliphatic heterocycles. The number of hydrogen-bond acceptors (Lipinski definition) is 2. The van der Waals surface area contributed by atoms with Crippen LogP contribution in [0.4, 0.5) is 17.6 Å². The van der Waals surface area contributed by atoms with Gasteiger partial charge >= 0.3 is 6.18 Å². The number of piperidine rings is 1. The van der Waals surface area contributed by atoms with E-state index in [1.54, 1.807) is 36.2 Å². The first-order valence-corrected chi connectivity index (χ1v) is 10.6. The molecule has 31 heavy (non-hydrogen) atoms. The van der Waals surface area contributed by atoms with Crippen molar-refractivity contribution < 1.29 is 22.4 Å². The van der Waals surface area contributed by atoms with Crippen LogP contribution in [0, 0.1) is 11.7 Å². The molecule has 0 aromatic heterocycles. The number of hydrogen-bond donors (Lipinski definition) is 0. The molecule has 0 radical (unpaired) electrons. The Morgan fingerprint density at radius 3 is 2.68 bits per heavy atom. The van der Waals surface area contributed by atoms with Crippen molar-refractivity contribution in [3.63, 3.8) is 0 Å². The molecule has 1 aliphatic rings. The summed E-state index contributed by atoms with van der Waals surface area (Å²) in [7, 11) is 1.74. The molecule has 0 bridgehead atoms. The average Bonchev–Trinajstić information content (AvgIpc) is 2.74. The van der Waals surface area contributed by atoms with Crippen molar-refractivity contribution in [1.29, 1.82) is 0 Å². The number of amides is 1. The quantitative estimate of drug-likeness (QED) is 0.582. The third-order valence-electron chi connectivity index (χ3n) is 5.83. The zero-order valence-corrected chi connectivity index (χ0v) is 17.7. The summed E-state index contributed by atoms with van der Waals surface area (Å²) in [5, 5.41) is 0. The Bertz CT molecular complexity index is 884. The fourth-order valence-corrected chi connectivity index (χ4v) is 4.12. The highest BCUT2D eigenvalue weighted by atomic mass is 19.4. The third-order valence-corrected chi connectivity index (χ3v) is 5.83. The lowest BCUT2D eigenvalue weighted by Crippen LogP contribution is -2.42. The molecule has 3 rings (SSSR count). The summed E-state index contributed by atoms with van der Waals surface area (Å²) in [6, 6.07) is 11.8. The smallest absolute Gasteiger partial charge is 0.345 e. The van der Waals surface area contributed by atoms with E-state index < -0.39 is 11.7 Å². The van der Waals surface area contributed by atoms with E-state index in [0.717, 1.165) is 32.0 Å². The number of likely N-dealkylation sites (N-methyl/N-ethyl adjacent to an activating group) is 1. The van der Waals surface area contributed by atoms with E-state index in [0.29, 0.717) is 36.6 Å². The maximum atomic E-state index is 13.8. The number of benzene rings is 2. The minimum absolute atomic E-state index is 0.0369. The van der Waals surface area contributed by atoms with E-state index in [4.69, 9.17) is 0 Å². The van der Waals surface area contributed by atoms with Gasteiger partial charge in [-0.1, -0.05) is 36.4 Å². The van der Waals surface area contributed by atoms with Gasteiger partial charge in [0.25, 0.3) is 0 Å².